The fourth-order valence-electron chi connectivity index (χ4n) is 1.46. The second-order valence-electron chi connectivity index (χ2n) is 3.49. The summed E-state index contributed by atoms with van der Waals surface area (Å²) in [7, 11) is 3.29. The number of nitrogens with zero attached hydrogens (tertiary/aromatic N) is 3. The minimum Gasteiger partial charge on any atom is -0.372 e. The van der Waals surface area contributed by atoms with Gasteiger partial charge in [0.15, 0.2) is 0 Å². The predicted molar refractivity (Wildman–Crippen MR) is 58.8 cm³/mol. The van der Waals surface area contributed by atoms with Gasteiger partial charge in [0.2, 0.25) is 0 Å². The van der Waals surface area contributed by atoms with Gasteiger partial charge in [-0.25, -0.2) is 0 Å². The highest BCUT2D eigenvalue weighted by Gasteiger charge is 2.26. The van der Waals surface area contributed by atoms with Crippen LogP contribution in [0, 0.1) is 27.2 Å². The molecule has 86 valence electrons. The Labute approximate surface area is 91.6 Å². The number of hydrogen-bond acceptors (Lipinski definition) is 5. The Morgan fingerprint density at radius 1 is 1.12 bits per heavy atom. The second-order valence-corrected chi connectivity index (χ2v) is 3.49. The standard InChI is InChI=1S/C9H11N3O4/c1-6-7(11(13)14)4-5-8(10(2)3)9(6)12(15)16/h4-5H,1-3H3. The highest BCUT2D eigenvalue weighted by molar-refractivity contribution is 5.71. The van der Waals surface area contributed by atoms with E-state index in [1.807, 2.05) is 0 Å². The Morgan fingerprint density at radius 3 is 2.06 bits per heavy atom. The van der Waals surface area contributed by atoms with Crippen molar-refractivity contribution in [2.45, 2.75) is 6.92 Å². The lowest BCUT2D eigenvalue weighted by atomic mass is 10.1. The van der Waals surface area contributed by atoms with Gasteiger partial charge in [0.1, 0.15) is 11.3 Å². The van der Waals surface area contributed by atoms with Gasteiger partial charge in [0.25, 0.3) is 5.69 Å². The summed E-state index contributed by atoms with van der Waals surface area (Å²) in [5, 5.41) is 21.5. The van der Waals surface area contributed by atoms with E-state index in [9.17, 15) is 20.2 Å². The van der Waals surface area contributed by atoms with Gasteiger partial charge < -0.3 is 4.90 Å². The lowest BCUT2D eigenvalue weighted by Crippen LogP contribution is -2.12. The zero-order chi connectivity index (χ0) is 12.5. The zero-order valence-electron chi connectivity index (χ0n) is 9.13. The first kappa shape index (κ1) is 11.9. The topological polar surface area (TPSA) is 89.5 Å². The summed E-state index contributed by atoms with van der Waals surface area (Å²) in [6.45, 7) is 1.38. The van der Waals surface area contributed by atoms with Crippen LogP contribution >= 0.6 is 0 Å². The summed E-state index contributed by atoms with van der Waals surface area (Å²) in [6, 6.07) is 2.65. The molecule has 0 unspecified atom stereocenters. The van der Waals surface area contributed by atoms with Crippen LogP contribution in [0.1, 0.15) is 5.56 Å². The van der Waals surface area contributed by atoms with Gasteiger partial charge in [-0.1, -0.05) is 0 Å². The summed E-state index contributed by atoms with van der Waals surface area (Å²) in [6.07, 6.45) is 0. The molecular weight excluding hydrogens is 214 g/mol. The predicted octanol–water partition coefficient (Wildman–Crippen LogP) is 1.88. The van der Waals surface area contributed by atoms with Crippen molar-refractivity contribution in [1.82, 2.24) is 0 Å². The Morgan fingerprint density at radius 2 is 1.69 bits per heavy atom. The summed E-state index contributed by atoms with van der Waals surface area (Å²) in [4.78, 5) is 21.9. The van der Waals surface area contributed by atoms with E-state index in [1.165, 1.54) is 19.1 Å². The van der Waals surface area contributed by atoms with Crippen LogP contribution in [0.5, 0.6) is 0 Å². The lowest BCUT2D eigenvalue weighted by Gasteiger charge is -2.13. The maximum absolute atomic E-state index is 10.9. The molecule has 7 nitrogen and oxygen atoms in total. The molecule has 0 spiro atoms. The second kappa shape index (κ2) is 4.13. The Balaban J connectivity index is 3.54. The molecule has 0 fully saturated rings. The molecule has 1 aromatic carbocycles. The molecule has 0 heterocycles. The van der Waals surface area contributed by atoms with Crippen LogP contribution in [0.2, 0.25) is 0 Å². The van der Waals surface area contributed by atoms with Gasteiger partial charge in [0.05, 0.1) is 9.85 Å². The van der Waals surface area contributed by atoms with Gasteiger partial charge in [-0.3, -0.25) is 20.2 Å². The minimum absolute atomic E-state index is 0.0706. The average Bonchev–Trinajstić information content (AvgIpc) is 2.15. The van der Waals surface area contributed by atoms with Crippen molar-refractivity contribution in [2.24, 2.45) is 0 Å². The van der Waals surface area contributed by atoms with Crippen LogP contribution in [-0.2, 0) is 0 Å². The van der Waals surface area contributed by atoms with Crippen LogP contribution in [0.3, 0.4) is 0 Å². The maximum Gasteiger partial charge on any atom is 0.302 e. The normalized spacial score (nSPS) is 9.94. The third kappa shape index (κ3) is 1.92. The van der Waals surface area contributed by atoms with Crippen LogP contribution in [0.25, 0.3) is 0 Å². The summed E-state index contributed by atoms with van der Waals surface area (Å²) < 4.78 is 0. The molecule has 0 bridgehead atoms. The van der Waals surface area contributed by atoms with Crippen LogP contribution < -0.4 is 4.90 Å². The van der Waals surface area contributed by atoms with Gasteiger partial charge in [-0.2, -0.15) is 0 Å². The van der Waals surface area contributed by atoms with E-state index in [0.29, 0.717) is 5.69 Å². The number of rotatable bonds is 3. The van der Waals surface area contributed by atoms with Crippen molar-refractivity contribution in [1.29, 1.82) is 0 Å². The van der Waals surface area contributed by atoms with Crippen molar-refractivity contribution >= 4 is 17.1 Å². The third-order valence-corrected chi connectivity index (χ3v) is 2.24. The fourth-order valence-corrected chi connectivity index (χ4v) is 1.46. The summed E-state index contributed by atoms with van der Waals surface area (Å²) >= 11 is 0. The highest BCUT2D eigenvalue weighted by atomic mass is 16.6. The van der Waals surface area contributed by atoms with E-state index < -0.39 is 9.85 Å². The van der Waals surface area contributed by atoms with E-state index in [2.05, 4.69) is 0 Å². The number of nitro benzene ring substituents is 2. The molecule has 0 aliphatic heterocycles. The number of anilines is 1. The first-order chi connectivity index (χ1) is 7.36. The van der Waals surface area contributed by atoms with Crippen molar-refractivity contribution < 1.29 is 9.85 Å². The Hall–Kier alpha value is -2.18. The maximum atomic E-state index is 10.9. The first-order valence-electron chi connectivity index (χ1n) is 4.46. The molecule has 0 saturated heterocycles. The van der Waals surface area contributed by atoms with Gasteiger partial charge in [-0.05, 0) is 13.0 Å². The fraction of sp³-hybridized carbons (Fsp3) is 0.333. The van der Waals surface area contributed by atoms with Crippen molar-refractivity contribution in [3.05, 3.63) is 37.9 Å². The molecule has 0 aliphatic rings. The highest BCUT2D eigenvalue weighted by Crippen LogP contribution is 2.35. The Kier molecular flexibility index (Phi) is 3.07. The SMILES string of the molecule is Cc1c([N+](=O)[O-])ccc(N(C)C)c1[N+](=O)[O-]. The average molecular weight is 225 g/mol. The molecule has 0 radical (unpaired) electrons. The van der Waals surface area contributed by atoms with Gasteiger partial charge in [0, 0.05) is 20.2 Å². The number of benzene rings is 1. The third-order valence-electron chi connectivity index (χ3n) is 2.24. The molecule has 0 N–H and O–H groups in total. The molecule has 1 rings (SSSR count). The molecule has 0 amide bonds. The van der Waals surface area contributed by atoms with Crippen molar-refractivity contribution in [3.63, 3.8) is 0 Å². The smallest absolute Gasteiger partial charge is 0.302 e. The molecule has 0 atom stereocenters. The largest absolute Gasteiger partial charge is 0.372 e. The molecule has 0 saturated carbocycles. The molecule has 7 heteroatoms. The minimum atomic E-state index is -0.623. The van der Waals surface area contributed by atoms with E-state index in [-0.39, 0.29) is 16.9 Å². The number of hydrogen-bond donors (Lipinski definition) is 0. The molecule has 0 aliphatic carbocycles. The summed E-state index contributed by atoms with van der Waals surface area (Å²) in [5.74, 6) is 0. The van der Waals surface area contributed by atoms with E-state index in [4.69, 9.17) is 0 Å². The molecule has 1 aromatic rings. The quantitative estimate of drug-likeness (QED) is 0.578. The van der Waals surface area contributed by atoms with E-state index >= 15 is 0 Å². The first-order valence-corrected chi connectivity index (χ1v) is 4.46. The van der Waals surface area contributed by atoms with Crippen LogP contribution in [0.15, 0.2) is 12.1 Å². The van der Waals surface area contributed by atoms with Gasteiger partial charge in [-0.15, -0.1) is 0 Å². The number of nitro groups is 2. The van der Waals surface area contributed by atoms with Crippen molar-refractivity contribution in [2.75, 3.05) is 19.0 Å². The van der Waals surface area contributed by atoms with Gasteiger partial charge >= 0.3 is 5.69 Å². The molecule has 16 heavy (non-hydrogen) atoms. The lowest BCUT2D eigenvalue weighted by molar-refractivity contribution is -0.394. The van der Waals surface area contributed by atoms with E-state index in [0.717, 1.165) is 0 Å². The molecule has 0 aromatic heterocycles. The monoisotopic (exact) mass is 225 g/mol. The molecular formula is C9H11N3O4. The zero-order valence-corrected chi connectivity index (χ0v) is 9.13. The van der Waals surface area contributed by atoms with Crippen LogP contribution in [0.4, 0.5) is 17.1 Å². The van der Waals surface area contributed by atoms with Crippen molar-refractivity contribution in [3.8, 4) is 0 Å². The van der Waals surface area contributed by atoms with E-state index in [1.54, 1.807) is 19.0 Å². The van der Waals surface area contributed by atoms with Crippen LogP contribution in [-0.4, -0.2) is 23.9 Å². The summed E-state index contributed by atoms with van der Waals surface area (Å²) in [5.41, 5.74) is -0.0363. The Bertz CT molecular complexity index is 456.